The number of pyridine rings is 1. The van der Waals surface area contributed by atoms with Crippen molar-refractivity contribution in [3.05, 3.63) is 42.4 Å². The Morgan fingerprint density at radius 3 is 3.12 bits per heavy atom. The van der Waals surface area contributed by atoms with Crippen LogP contribution in [0.2, 0.25) is 0 Å². The van der Waals surface area contributed by atoms with Crippen LogP contribution < -0.4 is 10.1 Å². The lowest BCUT2D eigenvalue weighted by Gasteiger charge is -2.07. The van der Waals surface area contributed by atoms with Crippen molar-refractivity contribution in [2.45, 2.75) is 6.54 Å². The first-order valence-electron chi connectivity index (χ1n) is 4.95. The van der Waals surface area contributed by atoms with Crippen LogP contribution in [0.3, 0.4) is 0 Å². The molecule has 6 heteroatoms. The zero-order chi connectivity index (χ0) is 12.1. The number of hydrogen-bond donors (Lipinski definition) is 1. The van der Waals surface area contributed by atoms with E-state index in [2.05, 4.69) is 15.3 Å². The molecule has 2 aromatic rings. The summed E-state index contributed by atoms with van der Waals surface area (Å²) < 4.78 is 9.84. The zero-order valence-electron chi connectivity index (χ0n) is 9.21. The fourth-order valence-corrected chi connectivity index (χ4v) is 1.32. The van der Waals surface area contributed by atoms with E-state index in [0.717, 1.165) is 0 Å². The standard InChI is InChI=1S/C11H11N3O3/c1-16-10-3-2-4-12-8(10)5-13-11(15)9-6-17-7-14-9/h2-4,6-7H,5H2,1H3,(H,13,15). The van der Waals surface area contributed by atoms with Crippen LogP contribution in [0.25, 0.3) is 0 Å². The zero-order valence-corrected chi connectivity index (χ0v) is 9.21. The molecule has 0 spiro atoms. The highest BCUT2D eigenvalue weighted by molar-refractivity contribution is 5.91. The van der Waals surface area contributed by atoms with E-state index in [9.17, 15) is 4.79 Å². The lowest BCUT2D eigenvalue weighted by molar-refractivity contribution is 0.0945. The van der Waals surface area contributed by atoms with Gasteiger partial charge in [-0.3, -0.25) is 9.78 Å². The molecule has 17 heavy (non-hydrogen) atoms. The van der Waals surface area contributed by atoms with Gasteiger partial charge in [0.1, 0.15) is 17.7 Å². The van der Waals surface area contributed by atoms with Crippen molar-refractivity contribution >= 4 is 5.91 Å². The van der Waals surface area contributed by atoms with Crippen molar-refractivity contribution in [2.24, 2.45) is 0 Å². The molecule has 0 unspecified atom stereocenters. The van der Waals surface area contributed by atoms with Crippen LogP contribution in [0, 0.1) is 0 Å². The molecule has 0 aliphatic carbocycles. The van der Waals surface area contributed by atoms with Gasteiger partial charge in [-0.15, -0.1) is 0 Å². The summed E-state index contributed by atoms with van der Waals surface area (Å²) in [4.78, 5) is 19.4. The molecule has 0 fully saturated rings. The van der Waals surface area contributed by atoms with Gasteiger partial charge in [0.05, 0.1) is 13.7 Å². The summed E-state index contributed by atoms with van der Waals surface area (Å²) in [5.41, 5.74) is 0.895. The van der Waals surface area contributed by atoms with Gasteiger partial charge in [-0.05, 0) is 12.1 Å². The third-order valence-electron chi connectivity index (χ3n) is 2.15. The first-order chi connectivity index (χ1) is 8.31. The van der Waals surface area contributed by atoms with Gasteiger partial charge in [0.25, 0.3) is 5.91 Å². The molecular formula is C11H11N3O3. The predicted octanol–water partition coefficient (Wildman–Crippen LogP) is 1.01. The predicted molar refractivity (Wildman–Crippen MR) is 58.5 cm³/mol. The number of methoxy groups -OCH3 is 1. The van der Waals surface area contributed by atoms with Gasteiger partial charge in [0.2, 0.25) is 0 Å². The Morgan fingerprint density at radius 1 is 1.53 bits per heavy atom. The van der Waals surface area contributed by atoms with E-state index in [-0.39, 0.29) is 18.1 Å². The number of carbonyl (C=O) groups excluding carboxylic acids is 1. The van der Waals surface area contributed by atoms with Gasteiger partial charge in [0.15, 0.2) is 12.1 Å². The van der Waals surface area contributed by atoms with Gasteiger partial charge < -0.3 is 14.5 Å². The summed E-state index contributed by atoms with van der Waals surface area (Å²) in [7, 11) is 1.56. The minimum atomic E-state index is -0.313. The van der Waals surface area contributed by atoms with E-state index >= 15 is 0 Å². The minimum absolute atomic E-state index is 0.236. The smallest absolute Gasteiger partial charge is 0.273 e. The van der Waals surface area contributed by atoms with Crippen LogP contribution in [0.1, 0.15) is 16.2 Å². The summed E-state index contributed by atoms with van der Waals surface area (Å²) in [6.07, 6.45) is 4.13. The Kier molecular flexibility index (Phi) is 3.34. The van der Waals surface area contributed by atoms with Gasteiger partial charge >= 0.3 is 0 Å². The second-order valence-electron chi connectivity index (χ2n) is 3.21. The molecular weight excluding hydrogens is 222 g/mol. The molecule has 0 saturated heterocycles. The molecule has 0 aliphatic heterocycles. The van der Waals surface area contributed by atoms with E-state index in [1.54, 1.807) is 25.4 Å². The molecule has 0 saturated carbocycles. The molecule has 0 aliphatic rings. The normalized spacial score (nSPS) is 9.94. The van der Waals surface area contributed by atoms with Crippen LogP contribution in [-0.2, 0) is 6.54 Å². The van der Waals surface area contributed by atoms with Gasteiger partial charge in [-0.2, -0.15) is 0 Å². The fourth-order valence-electron chi connectivity index (χ4n) is 1.32. The van der Waals surface area contributed by atoms with Crippen molar-refractivity contribution in [3.63, 3.8) is 0 Å². The van der Waals surface area contributed by atoms with E-state index in [1.807, 2.05) is 0 Å². The number of oxazole rings is 1. The fraction of sp³-hybridized carbons (Fsp3) is 0.182. The molecule has 1 amide bonds. The molecule has 0 atom stereocenters. The van der Waals surface area contributed by atoms with Gasteiger partial charge in [0, 0.05) is 6.20 Å². The second-order valence-corrected chi connectivity index (χ2v) is 3.21. The number of carbonyl (C=O) groups is 1. The van der Waals surface area contributed by atoms with E-state index < -0.39 is 0 Å². The average Bonchev–Trinajstić information content (AvgIpc) is 2.90. The summed E-state index contributed by atoms with van der Waals surface area (Å²) in [6, 6.07) is 3.55. The molecule has 1 N–H and O–H groups in total. The maximum Gasteiger partial charge on any atom is 0.273 e. The first-order valence-corrected chi connectivity index (χ1v) is 4.95. The van der Waals surface area contributed by atoms with E-state index in [4.69, 9.17) is 9.15 Å². The summed E-state index contributed by atoms with van der Waals surface area (Å²) in [5, 5.41) is 2.67. The summed E-state index contributed by atoms with van der Waals surface area (Å²) >= 11 is 0. The topological polar surface area (TPSA) is 77.2 Å². The quantitative estimate of drug-likeness (QED) is 0.852. The summed E-state index contributed by atoms with van der Waals surface area (Å²) in [5.74, 6) is 0.319. The molecule has 2 aromatic heterocycles. The summed E-state index contributed by atoms with van der Waals surface area (Å²) in [6.45, 7) is 0.274. The van der Waals surface area contributed by atoms with Gasteiger partial charge in [-0.1, -0.05) is 0 Å². The third-order valence-corrected chi connectivity index (χ3v) is 2.15. The minimum Gasteiger partial charge on any atom is -0.495 e. The Hall–Kier alpha value is -2.37. The van der Waals surface area contributed by atoms with Crippen LogP contribution in [0.4, 0.5) is 0 Å². The molecule has 2 rings (SSSR count). The van der Waals surface area contributed by atoms with Crippen molar-refractivity contribution < 1.29 is 13.9 Å². The Bertz CT molecular complexity index is 496. The lowest BCUT2D eigenvalue weighted by Crippen LogP contribution is -2.23. The maximum atomic E-state index is 11.6. The number of hydrogen-bond acceptors (Lipinski definition) is 5. The number of nitrogens with one attached hydrogen (secondary N) is 1. The largest absolute Gasteiger partial charge is 0.495 e. The molecule has 88 valence electrons. The SMILES string of the molecule is COc1cccnc1CNC(=O)c1cocn1. The maximum absolute atomic E-state index is 11.6. The van der Waals surface area contributed by atoms with Crippen LogP contribution in [-0.4, -0.2) is 23.0 Å². The Morgan fingerprint density at radius 2 is 2.41 bits per heavy atom. The Labute approximate surface area is 97.6 Å². The Balaban J connectivity index is 2.00. The van der Waals surface area contributed by atoms with Crippen LogP contribution in [0.5, 0.6) is 5.75 Å². The number of aromatic nitrogens is 2. The van der Waals surface area contributed by atoms with Crippen molar-refractivity contribution in [3.8, 4) is 5.75 Å². The number of ether oxygens (including phenoxy) is 1. The molecule has 2 heterocycles. The molecule has 6 nitrogen and oxygen atoms in total. The molecule has 0 radical (unpaired) electrons. The average molecular weight is 233 g/mol. The second kappa shape index (κ2) is 5.11. The molecule has 0 aromatic carbocycles. The highest BCUT2D eigenvalue weighted by atomic mass is 16.5. The number of amides is 1. The van der Waals surface area contributed by atoms with Crippen molar-refractivity contribution in [2.75, 3.05) is 7.11 Å². The monoisotopic (exact) mass is 233 g/mol. The highest BCUT2D eigenvalue weighted by Crippen LogP contribution is 2.13. The molecule has 0 bridgehead atoms. The highest BCUT2D eigenvalue weighted by Gasteiger charge is 2.10. The van der Waals surface area contributed by atoms with Gasteiger partial charge in [-0.25, -0.2) is 4.98 Å². The number of nitrogens with zero attached hydrogens (tertiary/aromatic N) is 2. The third kappa shape index (κ3) is 2.60. The number of rotatable bonds is 4. The first kappa shape index (κ1) is 11.1. The van der Waals surface area contributed by atoms with Crippen LogP contribution in [0.15, 0.2) is 35.4 Å². The van der Waals surface area contributed by atoms with E-state index in [0.29, 0.717) is 11.4 Å². The van der Waals surface area contributed by atoms with Crippen LogP contribution >= 0.6 is 0 Å². The lowest BCUT2D eigenvalue weighted by atomic mass is 10.3. The van der Waals surface area contributed by atoms with E-state index in [1.165, 1.54) is 12.7 Å². The van der Waals surface area contributed by atoms with Crippen molar-refractivity contribution in [1.29, 1.82) is 0 Å². The van der Waals surface area contributed by atoms with Crippen molar-refractivity contribution in [1.82, 2.24) is 15.3 Å².